The summed E-state index contributed by atoms with van der Waals surface area (Å²) in [5.41, 5.74) is 1.52. The van der Waals surface area contributed by atoms with E-state index in [4.69, 9.17) is 4.74 Å². The Morgan fingerprint density at radius 2 is 1.81 bits per heavy atom. The Bertz CT molecular complexity index is 753. The third-order valence-corrected chi connectivity index (χ3v) is 4.93. The summed E-state index contributed by atoms with van der Waals surface area (Å²) in [4.78, 5) is 34.6. The van der Waals surface area contributed by atoms with E-state index in [0.29, 0.717) is 25.3 Å². The van der Waals surface area contributed by atoms with E-state index in [1.165, 1.54) is 12.7 Å². The van der Waals surface area contributed by atoms with Gasteiger partial charge in [-0.05, 0) is 24.8 Å². The molecule has 0 atom stereocenters. The van der Waals surface area contributed by atoms with Gasteiger partial charge in [0.1, 0.15) is 12.0 Å². The maximum Gasteiger partial charge on any atom is 0.348 e. The molecular weight excluding hydrogens is 332 g/mol. The van der Waals surface area contributed by atoms with Gasteiger partial charge in [-0.3, -0.25) is 9.69 Å². The van der Waals surface area contributed by atoms with Crippen molar-refractivity contribution in [2.24, 2.45) is 4.99 Å². The van der Waals surface area contributed by atoms with Gasteiger partial charge in [-0.25, -0.2) is 4.79 Å². The minimum absolute atomic E-state index is 0.0427. The molecule has 1 aromatic rings. The van der Waals surface area contributed by atoms with E-state index in [2.05, 4.69) is 4.99 Å². The number of carbonyl (C=O) groups excluding carboxylic acids is 2. The Balaban J connectivity index is 1.46. The molecule has 3 amide bonds. The Labute approximate surface area is 152 Å². The van der Waals surface area contributed by atoms with Gasteiger partial charge >= 0.3 is 12.1 Å². The molecule has 136 valence electrons. The smallest absolute Gasteiger partial charge is 0.348 e. The van der Waals surface area contributed by atoms with Crippen LogP contribution in [0.3, 0.4) is 0 Å². The van der Waals surface area contributed by atoms with E-state index < -0.39 is 0 Å². The van der Waals surface area contributed by atoms with Crippen molar-refractivity contribution < 1.29 is 14.3 Å². The number of aliphatic imine (C=N–C) groups is 1. The molecule has 4 rings (SSSR count). The normalized spacial score (nSPS) is 20.2. The van der Waals surface area contributed by atoms with Crippen LogP contribution in [-0.4, -0.2) is 58.8 Å². The minimum Gasteiger partial charge on any atom is -0.431 e. The van der Waals surface area contributed by atoms with Crippen LogP contribution in [0.2, 0.25) is 0 Å². The zero-order chi connectivity index (χ0) is 17.9. The number of benzene rings is 1. The van der Waals surface area contributed by atoms with Crippen LogP contribution in [0, 0.1) is 0 Å². The second-order valence-corrected chi connectivity index (χ2v) is 6.71. The van der Waals surface area contributed by atoms with E-state index in [1.54, 1.807) is 9.80 Å². The molecule has 0 aliphatic carbocycles. The highest BCUT2D eigenvalue weighted by Gasteiger charge is 2.35. The number of carbonyl (C=O) groups is 2. The predicted octanol–water partition coefficient (Wildman–Crippen LogP) is 2.16. The van der Waals surface area contributed by atoms with Crippen LogP contribution in [0.25, 0.3) is 0 Å². The van der Waals surface area contributed by atoms with E-state index in [0.717, 1.165) is 31.5 Å². The van der Waals surface area contributed by atoms with Gasteiger partial charge in [-0.2, -0.15) is 0 Å². The summed E-state index contributed by atoms with van der Waals surface area (Å²) in [7, 11) is 0. The number of urea groups is 1. The molecule has 7 heteroatoms. The number of rotatable bonds is 3. The Morgan fingerprint density at radius 1 is 1.04 bits per heavy atom. The van der Waals surface area contributed by atoms with Gasteiger partial charge in [-0.1, -0.05) is 30.3 Å². The fourth-order valence-electron chi connectivity index (χ4n) is 3.49. The van der Waals surface area contributed by atoms with Crippen molar-refractivity contribution in [3.63, 3.8) is 0 Å². The van der Waals surface area contributed by atoms with Crippen LogP contribution in [0.1, 0.15) is 24.8 Å². The number of hydrogen-bond acceptors (Lipinski definition) is 4. The number of likely N-dealkylation sites (tertiary alicyclic amines) is 1. The molecule has 7 nitrogen and oxygen atoms in total. The van der Waals surface area contributed by atoms with Gasteiger partial charge in [0, 0.05) is 32.7 Å². The van der Waals surface area contributed by atoms with Crippen molar-refractivity contribution in [1.29, 1.82) is 0 Å². The highest BCUT2D eigenvalue weighted by atomic mass is 16.5. The average molecular weight is 354 g/mol. The molecule has 0 N–H and O–H groups in total. The van der Waals surface area contributed by atoms with Gasteiger partial charge in [0.2, 0.25) is 0 Å². The lowest BCUT2D eigenvalue weighted by atomic mass is 10.1. The summed E-state index contributed by atoms with van der Waals surface area (Å²) in [5, 5.41) is 0. The lowest BCUT2D eigenvalue weighted by molar-refractivity contribution is -0.129. The molecular formula is C19H22N4O3. The molecule has 0 unspecified atom stereocenters. The standard InChI is InChI=1S/C19H22N4O3/c24-17(21-9-5-2-6-10-21)16-14-26-19-20-18(25)22(11-12-23(16)19)13-15-7-3-1-4-8-15/h1,3-4,7-8,14H,2,5-6,9-13H2. The van der Waals surface area contributed by atoms with Crippen LogP contribution in [0.4, 0.5) is 4.79 Å². The fourth-order valence-corrected chi connectivity index (χ4v) is 3.49. The molecule has 1 saturated heterocycles. The van der Waals surface area contributed by atoms with Crippen LogP contribution in [0.15, 0.2) is 47.3 Å². The quantitative estimate of drug-likeness (QED) is 0.834. The SMILES string of the molecule is O=C1N=C2OC=C(C(=O)N3CCCCC3)N2CCN1Cc1ccccc1. The van der Waals surface area contributed by atoms with Gasteiger partial charge < -0.3 is 14.5 Å². The average Bonchev–Trinajstić information content (AvgIpc) is 3.01. The second-order valence-electron chi connectivity index (χ2n) is 6.71. The Hall–Kier alpha value is -2.83. The summed E-state index contributed by atoms with van der Waals surface area (Å²) in [6, 6.07) is 9.66. The molecule has 1 fully saturated rings. The summed E-state index contributed by atoms with van der Waals surface area (Å²) in [6.07, 6.45) is 4.66. The summed E-state index contributed by atoms with van der Waals surface area (Å²) in [6.45, 7) is 3.01. The van der Waals surface area contributed by atoms with Gasteiger partial charge in [0.25, 0.3) is 5.91 Å². The van der Waals surface area contributed by atoms with Crippen LogP contribution in [-0.2, 0) is 16.1 Å². The van der Waals surface area contributed by atoms with Crippen molar-refractivity contribution >= 4 is 18.0 Å². The maximum absolute atomic E-state index is 12.8. The van der Waals surface area contributed by atoms with Crippen LogP contribution in [0.5, 0.6) is 0 Å². The van der Waals surface area contributed by atoms with Crippen LogP contribution >= 0.6 is 0 Å². The van der Waals surface area contributed by atoms with Crippen molar-refractivity contribution in [2.45, 2.75) is 25.8 Å². The molecule has 0 bridgehead atoms. The topological polar surface area (TPSA) is 65.5 Å². The predicted molar refractivity (Wildman–Crippen MR) is 96.0 cm³/mol. The molecule has 1 aromatic carbocycles. The first-order valence-corrected chi connectivity index (χ1v) is 9.07. The number of hydrogen-bond donors (Lipinski definition) is 0. The molecule has 0 radical (unpaired) electrons. The van der Waals surface area contributed by atoms with E-state index in [1.807, 2.05) is 35.2 Å². The lowest BCUT2D eigenvalue weighted by Gasteiger charge is -2.29. The molecule has 3 aliphatic rings. The number of nitrogens with zero attached hydrogens (tertiary/aromatic N) is 4. The summed E-state index contributed by atoms with van der Waals surface area (Å²) < 4.78 is 5.45. The van der Waals surface area contributed by atoms with Crippen molar-refractivity contribution in [2.75, 3.05) is 26.2 Å². The molecule has 3 heterocycles. The molecule has 0 saturated carbocycles. The molecule has 0 aromatic heterocycles. The lowest BCUT2D eigenvalue weighted by Crippen LogP contribution is -2.42. The molecule has 3 aliphatic heterocycles. The monoisotopic (exact) mass is 354 g/mol. The Kier molecular flexibility index (Phi) is 4.60. The maximum atomic E-state index is 12.8. The highest BCUT2D eigenvalue weighted by molar-refractivity contribution is 6.01. The number of amides is 3. The van der Waals surface area contributed by atoms with E-state index in [9.17, 15) is 9.59 Å². The zero-order valence-corrected chi connectivity index (χ0v) is 14.6. The van der Waals surface area contributed by atoms with E-state index in [-0.39, 0.29) is 18.0 Å². The largest absolute Gasteiger partial charge is 0.431 e. The number of fused-ring (bicyclic) bond motifs is 1. The first kappa shape index (κ1) is 16.6. The first-order chi connectivity index (χ1) is 12.7. The number of piperidine rings is 1. The van der Waals surface area contributed by atoms with Gasteiger partial charge in [0.05, 0.1) is 0 Å². The first-order valence-electron chi connectivity index (χ1n) is 9.07. The third-order valence-electron chi connectivity index (χ3n) is 4.93. The number of ether oxygens (including phenoxy) is 1. The van der Waals surface area contributed by atoms with Crippen molar-refractivity contribution in [1.82, 2.24) is 14.7 Å². The van der Waals surface area contributed by atoms with Crippen molar-refractivity contribution in [3.05, 3.63) is 47.9 Å². The Morgan fingerprint density at radius 3 is 2.58 bits per heavy atom. The van der Waals surface area contributed by atoms with Crippen LogP contribution < -0.4 is 0 Å². The number of amidine groups is 1. The third kappa shape index (κ3) is 3.29. The summed E-state index contributed by atoms with van der Waals surface area (Å²) >= 11 is 0. The highest BCUT2D eigenvalue weighted by Crippen LogP contribution is 2.22. The fraction of sp³-hybridized carbons (Fsp3) is 0.421. The molecule has 0 spiro atoms. The second kappa shape index (κ2) is 7.19. The van der Waals surface area contributed by atoms with Gasteiger partial charge in [0.15, 0.2) is 0 Å². The summed E-state index contributed by atoms with van der Waals surface area (Å²) in [5.74, 6) is -0.0427. The van der Waals surface area contributed by atoms with Crippen molar-refractivity contribution in [3.8, 4) is 0 Å². The molecule has 26 heavy (non-hydrogen) atoms. The minimum atomic E-state index is -0.341. The van der Waals surface area contributed by atoms with E-state index >= 15 is 0 Å². The van der Waals surface area contributed by atoms with Gasteiger partial charge in [-0.15, -0.1) is 4.99 Å². The zero-order valence-electron chi connectivity index (χ0n) is 14.6.